The maximum atomic E-state index is 12.4. The first-order valence-corrected chi connectivity index (χ1v) is 10.2. The maximum absolute atomic E-state index is 12.4. The monoisotopic (exact) mass is 448 g/mol. The van der Waals surface area contributed by atoms with Crippen molar-refractivity contribution in [2.24, 2.45) is 0 Å². The fourth-order valence-electron chi connectivity index (χ4n) is 3.65. The molecule has 0 bridgehead atoms. The van der Waals surface area contributed by atoms with Crippen molar-refractivity contribution in [2.45, 2.75) is 50.3 Å². The largest absolute Gasteiger partial charge is 0.461 e. The lowest BCUT2D eigenvalue weighted by molar-refractivity contribution is -0.269. The molecule has 2 fully saturated rings. The molecule has 2 aliphatic rings. The zero-order valence-electron chi connectivity index (χ0n) is 17.4. The third kappa shape index (κ3) is 4.78. The van der Waals surface area contributed by atoms with Crippen molar-refractivity contribution in [3.05, 3.63) is 54.6 Å². The van der Waals surface area contributed by atoms with E-state index in [1.807, 2.05) is 6.07 Å². The molecule has 10 heteroatoms. The Hall–Kier alpha value is -2.37. The topological polar surface area (TPSA) is 90.3 Å². The Morgan fingerprint density at radius 3 is 2.65 bits per heavy atom. The van der Waals surface area contributed by atoms with Crippen LogP contribution in [-0.4, -0.2) is 70.9 Å². The second-order valence-corrected chi connectivity index (χ2v) is 7.98. The van der Waals surface area contributed by atoms with Crippen LogP contribution in [0.5, 0.6) is 0 Å². The molecule has 1 aromatic heterocycles. The number of fused-ring (bicyclic) bond motifs is 1. The summed E-state index contributed by atoms with van der Waals surface area (Å²) in [4.78, 5) is 16.4. The highest BCUT2D eigenvalue weighted by Crippen LogP contribution is 2.39. The van der Waals surface area contributed by atoms with Gasteiger partial charge in [-0.3, -0.25) is 4.57 Å². The Morgan fingerprint density at radius 1 is 1.23 bits per heavy atom. The maximum Gasteiger partial charge on any atom is 0.338 e. The highest BCUT2D eigenvalue weighted by molar-refractivity contribution is 7.80. The first kappa shape index (κ1) is 21.8. The summed E-state index contributed by atoms with van der Waals surface area (Å²) in [5.41, 5.74) is 0.437. The van der Waals surface area contributed by atoms with Crippen molar-refractivity contribution in [2.75, 3.05) is 13.7 Å². The molecule has 31 heavy (non-hydrogen) atoms. The van der Waals surface area contributed by atoms with Gasteiger partial charge in [-0.25, -0.2) is 9.78 Å². The third-order valence-corrected chi connectivity index (χ3v) is 5.31. The van der Waals surface area contributed by atoms with Crippen molar-refractivity contribution < 1.29 is 33.2 Å². The lowest BCUT2D eigenvalue weighted by Crippen LogP contribution is -2.59. The molecule has 4 rings (SSSR count). The van der Waals surface area contributed by atoms with Crippen LogP contribution in [0.2, 0.25) is 0 Å². The van der Waals surface area contributed by atoms with Crippen molar-refractivity contribution in [3.63, 3.8) is 0 Å². The van der Waals surface area contributed by atoms with E-state index in [-0.39, 0.29) is 11.8 Å². The van der Waals surface area contributed by atoms with E-state index in [1.165, 1.54) is 13.4 Å². The minimum Gasteiger partial charge on any atom is -0.461 e. The Labute approximate surface area is 185 Å². The first-order valence-electron chi connectivity index (χ1n) is 9.83. The van der Waals surface area contributed by atoms with Crippen LogP contribution in [0.25, 0.3) is 0 Å². The Morgan fingerprint density at radius 2 is 1.97 bits per heavy atom. The summed E-state index contributed by atoms with van der Waals surface area (Å²) < 4.78 is 36.7. The summed E-state index contributed by atoms with van der Waals surface area (Å²) in [5.74, 6) is -1.34. The molecule has 5 atom stereocenters. The van der Waals surface area contributed by atoms with Crippen molar-refractivity contribution in [3.8, 4) is 0 Å². The SMILES string of the molecule is CO[C@@H]1O[C@H](COC(=O)c2ccccc2)[C@H](OC(=S)n2ccnc2)[C@H]2OC(C)(C)O[C@H]12. The second kappa shape index (κ2) is 9.01. The molecule has 0 unspecified atom stereocenters. The van der Waals surface area contributed by atoms with E-state index in [1.54, 1.807) is 55.1 Å². The van der Waals surface area contributed by atoms with E-state index in [9.17, 15) is 4.79 Å². The molecule has 2 aliphatic heterocycles. The summed E-state index contributed by atoms with van der Waals surface area (Å²) in [6.07, 6.45) is 1.54. The van der Waals surface area contributed by atoms with Crippen LogP contribution in [0.4, 0.5) is 0 Å². The molecule has 2 aromatic rings. The predicted octanol–water partition coefficient (Wildman–Crippen LogP) is 2.15. The van der Waals surface area contributed by atoms with Gasteiger partial charge in [-0.05, 0) is 38.2 Å². The predicted molar refractivity (Wildman–Crippen MR) is 111 cm³/mol. The van der Waals surface area contributed by atoms with Crippen LogP contribution >= 0.6 is 12.2 Å². The van der Waals surface area contributed by atoms with E-state index in [2.05, 4.69) is 4.98 Å². The van der Waals surface area contributed by atoms with Crippen LogP contribution in [0.3, 0.4) is 0 Å². The van der Waals surface area contributed by atoms with E-state index in [0.717, 1.165) is 0 Å². The molecule has 0 spiro atoms. The molecular formula is C21H24N2O7S. The zero-order valence-corrected chi connectivity index (χ0v) is 18.2. The average molecular weight is 448 g/mol. The van der Waals surface area contributed by atoms with Gasteiger partial charge < -0.3 is 28.4 Å². The van der Waals surface area contributed by atoms with Crippen LogP contribution in [0, 0.1) is 0 Å². The van der Waals surface area contributed by atoms with Crippen LogP contribution in [-0.2, 0) is 28.4 Å². The number of carbonyl (C=O) groups excluding carboxylic acids is 1. The van der Waals surface area contributed by atoms with E-state index >= 15 is 0 Å². The van der Waals surface area contributed by atoms with Gasteiger partial charge in [-0.15, -0.1) is 0 Å². The average Bonchev–Trinajstić information content (AvgIpc) is 3.40. The van der Waals surface area contributed by atoms with E-state index in [4.69, 9.17) is 40.6 Å². The Bertz CT molecular complexity index is 906. The van der Waals surface area contributed by atoms with Gasteiger partial charge in [0.25, 0.3) is 5.17 Å². The van der Waals surface area contributed by atoms with Gasteiger partial charge in [0, 0.05) is 19.5 Å². The molecule has 166 valence electrons. The summed E-state index contributed by atoms with van der Waals surface area (Å²) in [6, 6.07) is 8.71. The van der Waals surface area contributed by atoms with E-state index < -0.39 is 42.5 Å². The molecule has 2 saturated heterocycles. The summed E-state index contributed by atoms with van der Waals surface area (Å²) in [6.45, 7) is 3.51. The number of rotatable bonds is 5. The number of hydrogen-bond donors (Lipinski definition) is 0. The van der Waals surface area contributed by atoms with Gasteiger partial charge in [0.1, 0.15) is 31.2 Å². The van der Waals surface area contributed by atoms with Crippen LogP contribution in [0.15, 0.2) is 49.1 Å². The zero-order chi connectivity index (χ0) is 22.0. The number of nitrogens with zero attached hydrogens (tertiary/aromatic N) is 2. The number of aromatic nitrogens is 2. The molecule has 0 N–H and O–H groups in total. The van der Waals surface area contributed by atoms with Crippen molar-refractivity contribution >= 4 is 23.4 Å². The standard InChI is InChI=1S/C21H24N2O7S/c1-21(2)29-16-15(28-20(31)23-10-9-22-12-23)14(27-19(25-3)17(16)30-21)11-26-18(24)13-7-5-4-6-8-13/h4-10,12,14-17,19H,11H2,1-3H3/t14-,15+,16-,17+,19-/m1/s1. The summed E-state index contributed by atoms with van der Waals surface area (Å²) in [7, 11) is 1.51. The highest BCUT2D eigenvalue weighted by Gasteiger charge is 2.57. The molecule has 1 aromatic carbocycles. The minimum atomic E-state index is -0.872. The fourth-order valence-corrected chi connectivity index (χ4v) is 3.87. The number of thiocarbonyl (C=S) groups is 1. The van der Waals surface area contributed by atoms with Gasteiger partial charge in [0.2, 0.25) is 0 Å². The highest BCUT2D eigenvalue weighted by atomic mass is 32.1. The number of esters is 1. The summed E-state index contributed by atoms with van der Waals surface area (Å²) in [5, 5.41) is 0.161. The van der Waals surface area contributed by atoms with Gasteiger partial charge in [0.15, 0.2) is 18.2 Å². The number of hydrogen-bond acceptors (Lipinski definition) is 9. The lowest BCUT2D eigenvalue weighted by atomic mass is 9.99. The second-order valence-electron chi connectivity index (χ2n) is 7.63. The molecule has 0 saturated carbocycles. The number of imidazole rings is 1. The molecule has 3 heterocycles. The smallest absolute Gasteiger partial charge is 0.338 e. The van der Waals surface area contributed by atoms with Gasteiger partial charge in [0.05, 0.1) is 5.56 Å². The molecule has 9 nitrogen and oxygen atoms in total. The number of benzene rings is 1. The van der Waals surface area contributed by atoms with Crippen molar-refractivity contribution in [1.29, 1.82) is 0 Å². The summed E-state index contributed by atoms with van der Waals surface area (Å²) >= 11 is 5.41. The quantitative estimate of drug-likeness (QED) is 0.504. The van der Waals surface area contributed by atoms with Gasteiger partial charge >= 0.3 is 5.97 Å². The normalized spacial score (nSPS) is 29.2. The minimum absolute atomic E-state index is 0.0855. The molecule has 0 radical (unpaired) electrons. The molecule has 0 aliphatic carbocycles. The molecule has 0 amide bonds. The van der Waals surface area contributed by atoms with Crippen LogP contribution < -0.4 is 0 Å². The van der Waals surface area contributed by atoms with Crippen molar-refractivity contribution in [1.82, 2.24) is 9.55 Å². The number of ether oxygens (including phenoxy) is 6. The number of methoxy groups -OCH3 is 1. The fraction of sp³-hybridized carbons (Fsp3) is 0.476. The van der Waals surface area contributed by atoms with E-state index in [0.29, 0.717) is 5.56 Å². The molecular weight excluding hydrogens is 424 g/mol. The lowest BCUT2D eigenvalue weighted by Gasteiger charge is -2.41. The van der Waals surface area contributed by atoms with Crippen LogP contribution in [0.1, 0.15) is 24.2 Å². The van der Waals surface area contributed by atoms with Gasteiger partial charge in [-0.1, -0.05) is 18.2 Å². The Kier molecular flexibility index (Phi) is 6.35. The Balaban J connectivity index is 1.54. The number of carbonyl (C=O) groups is 1. The third-order valence-electron chi connectivity index (χ3n) is 5.00. The van der Waals surface area contributed by atoms with Gasteiger partial charge in [-0.2, -0.15) is 0 Å². The first-order chi connectivity index (χ1) is 14.9.